The number of carbonyl (C=O) groups excluding carboxylic acids is 2. The fourth-order valence-corrected chi connectivity index (χ4v) is 5.82. The summed E-state index contributed by atoms with van der Waals surface area (Å²) in [6.07, 6.45) is -0.910. The third-order valence-corrected chi connectivity index (χ3v) is 8.28. The number of hydrogen-bond donors (Lipinski definition) is 2. The SMILES string of the molecule is CCOc1ccc(NS(=O)(=O)c2ccc(OCC(=O)N3C[C@H](C(=O)NCc4ccccc4)Oc4ccccc43)c(C)c2)cc1. The van der Waals surface area contributed by atoms with E-state index in [0.29, 0.717) is 47.3 Å². The highest BCUT2D eigenvalue weighted by Crippen LogP contribution is 2.33. The van der Waals surface area contributed by atoms with Crippen LogP contribution in [0.15, 0.2) is 102 Å². The number of sulfonamides is 1. The van der Waals surface area contributed by atoms with Gasteiger partial charge < -0.3 is 24.4 Å². The van der Waals surface area contributed by atoms with Gasteiger partial charge in [0.05, 0.1) is 23.7 Å². The van der Waals surface area contributed by atoms with Gasteiger partial charge in [-0.25, -0.2) is 8.42 Å². The van der Waals surface area contributed by atoms with Crippen LogP contribution in [0, 0.1) is 6.92 Å². The molecule has 0 fully saturated rings. The number of aryl methyl sites for hydroxylation is 1. The highest BCUT2D eigenvalue weighted by atomic mass is 32.2. The molecule has 2 amide bonds. The van der Waals surface area contributed by atoms with E-state index in [1.165, 1.54) is 23.1 Å². The van der Waals surface area contributed by atoms with Gasteiger partial charge in [-0.05, 0) is 79.6 Å². The lowest BCUT2D eigenvalue weighted by Crippen LogP contribution is -2.51. The van der Waals surface area contributed by atoms with Crippen molar-refractivity contribution in [2.24, 2.45) is 0 Å². The van der Waals surface area contributed by atoms with Crippen molar-refractivity contribution in [3.05, 3.63) is 108 Å². The molecule has 228 valence electrons. The van der Waals surface area contributed by atoms with E-state index in [1.54, 1.807) is 55.5 Å². The van der Waals surface area contributed by atoms with Crippen molar-refractivity contribution in [3.8, 4) is 17.2 Å². The summed E-state index contributed by atoms with van der Waals surface area (Å²) in [5, 5.41) is 2.87. The first kappa shape index (κ1) is 30.4. The number of para-hydroxylation sites is 2. The number of amides is 2. The number of hydrogen-bond acceptors (Lipinski definition) is 7. The highest BCUT2D eigenvalue weighted by molar-refractivity contribution is 7.92. The average Bonchev–Trinajstić information content (AvgIpc) is 3.03. The molecular weight excluding hydrogens is 582 g/mol. The molecule has 1 aliphatic rings. The summed E-state index contributed by atoms with van der Waals surface area (Å²) in [7, 11) is -3.87. The molecule has 4 aromatic carbocycles. The first-order chi connectivity index (χ1) is 21.2. The van der Waals surface area contributed by atoms with Gasteiger partial charge in [-0.1, -0.05) is 42.5 Å². The second kappa shape index (κ2) is 13.5. The number of nitrogens with zero attached hydrogens (tertiary/aromatic N) is 1. The maximum absolute atomic E-state index is 13.4. The van der Waals surface area contributed by atoms with E-state index in [9.17, 15) is 18.0 Å². The maximum Gasteiger partial charge on any atom is 0.265 e. The summed E-state index contributed by atoms with van der Waals surface area (Å²) in [6.45, 7) is 4.09. The van der Waals surface area contributed by atoms with Crippen molar-refractivity contribution < 1.29 is 32.2 Å². The summed E-state index contributed by atoms with van der Waals surface area (Å²) in [4.78, 5) is 27.9. The lowest BCUT2D eigenvalue weighted by Gasteiger charge is -2.34. The summed E-state index contributed by atoms with van der Waals surface area (Å²) in [5.41, 5.74) is 2.41. The van der Waals surface area contributed by atoms with Crippen LogP contribution in [0.25, 0.3) is 0 Å². The van der Waals surface area contributed by atoms with Gasteiger partial charge in [0.15, 0.2) is 12.7 Å². The number of fused-ring (bicyclic) bond motifs is 1. The van der Waals surface area contributed by atoms with Crippen LogP contribution >= 0.6 is 0 Å². The monoisotopic (exact) mass is 615 g/mol. The number of benzene rings is 4. The van der Waals surface area contributed by atoms with Crippen LogP contribution in [-0.2, 0) is 26.2 Å². The van der Waals surface area contributed by atoms with E-state index in [0.717, 1.165) is 5.56 Å². The normalized spacial score (nSPS) is 14.1. The lowest BCUT2D eigenvalue weighted by molar-refractivity contribution is -0.128. The topological polar surface area (TPSA) is 123 Å². The van der Waals surface area contributed by atoms with Gasteiger partial charge in [0.25, 0.3) is 21.8 Å². The smallest absolute Gasteiger partial charge is 0.265 e. The van der Waals surface area contributed by atoms with E-state index in [4.69, 9.17) is 14.2 Å². The van der Waals surface area contributed by atoms with Crippen LogP contribution < -0.4 is 29.1 Å². The number of carbonyl (C=O) groups is 2. The summed E-state index contributed by atoms with van der Waals surface area (Å²) < 4.78 is 45.7. The van der Waals surface area contributed by atoms with Crippen molar-refractivity contribution in [2.45, 2.75) is 31.4 Å². The quantitative estimate of drug-likeness (QED) is 0.251. The van der Waals surface area contributed by atoms with Gasteiger partial charge in [-0.2, -0.15) is 0 Å². The minimum atomic E-state index is -3.87. The van der Waals surface area contributed by atoms with Gasteiger partial charge in [-0.15, -0.1) is 0 Å². The van der Waals surface area contributed by atoms with Crippen LogP contribution in [-0.4, -0.2) is 46.1 Å². The molecule has 0 spiro atoms. The summed E-state index contributed by atoms with van der Waals surface area (Å²) in [6, 6.07) is 27.5. The predicted octanol–water partition coefficient (Wildman–Crippen LogP) is 4.68. The number of anilines is 2. The Hall–Kier alpha value is -5.03. The zero-order chi connectivity index (χ0) is 31.1. The second-order valence-corrected chi connectivity index (χ2v) is 11.7. The minimum Gasteiger partial charge on any atom is -0.494 e. The zero-order valence-corrected chi connectivity index (χ0v) is 25.2. The molecule has 44 heavy (non-hydrogen) atoms. The van der Waals surface area contributed by atoms with Crippen molar-refractivity contribution in [1.29, 1.82) is 0 Å². The third-order valence-electron chi connectivity index (χ3n) is 6.90. The average molecular weight is 616 g/mol. The first-order valence-electron chi connectivity index (χ1n) is 14.1. The standard InChI is InChI=1S/C33H33N3O7S/c1-3-41-26-15-13-25(14-16-26)35-44(39,40)27-17-18-29(23(2)19-27)42-22-32(37)36-21-31(43-30-12-8-7-11-28(30)36)33(38)34-20-24-9-5-4-6-10-24/h4-19,31,35H,3,20-22H2,1-2H3,(H,34,38)/t31-/m1/s1. The molecule has 4 aromatic rings. The van der Waals surface area contributed by atoms with Crippen molar-refractivity contribution >= 4 is 33.2 Å². The molecule has 1 heterocycles. The summed E-state index contributed by atoms with van der Waals surface area (Å²) >= 11 is 0. The van der Waals surface area contributed by atoms with Crippen molar-refractivity contribution in [1.82, 2.24) is 5.32 Å². The van der Waals surface area contributed by atoms with Crippen LogP contribution in [0.4, 0.5) is 11.4 Å². The van der Waals surface area contributed by atoms with Crippen LogP contribution in [0.2, 0.25) is 0 Å². The van der Waals surface area contributed by atoms with Crippen molar-refractivity contribution in [3.63, 3.8) is 0 Å². The molecule has 1 aliphatic heterocycles. The third kappa shape index (κ3) is 7.30. The Morgan fingerprint density at radius 1 is 0.932 bits per heavy atom. The fourth-order valence-electron chi connectivity index (χ4n) is 4.67. The van der Waals surface area contributed by atoms with E-state index in [-0.39, 0.29) is 29.9 Å². The lowest BCUT2D eigenvalue weighted by atomic mass is 10.1. The molecule has 10 nitrogen and oxygen atoms in total. The Bertz CT molecular complexity index is 1730. The molecule has 2 N–H and O–H groups in total. The van der Waals surface area contributed by atoms with Gasteiger partial charge >= 0.3 is 0 Å². The molecule has 0 radical (unpaired) electrons. The molecule has 0 unspecified atom stereocenters. The Kier molecular flexibility index (Phi) is 9.35. The Labute approximate surface area is 256 Å². The number of nitrogens with one attached hydrogen (secondary N) is 2. The van der Waals surface area contributed by atoms with Crippen LogP contribution in [0.5, 0.6) is 17.2 Å². The first-order valence-corrected chi connectivity index (χ1v) is 15.6. The summed E-state index contributed by atoms with van der Waals surface area (Å²) in [5.74, 6) is 0.697. The van der Waals surface area contributed by atoms with Gasteiger partial charge in [0.2, 0.25) is 0 Å². The molecular formula is C33H33N3O7S. The molecule has 1 atom stereocenters. The molecule has 0 aliphatic carbocycles. The highest BCUT2D eigenvalue weighted by Gasteiger charge is 2.34. The van der Waals surface area contributed by atoms with Crippen LogP contribution in [0.3, 0.4) is 0 Å². The van der Waals surface area contributed by atoms with E-state index < -0.39 is 16.1 Å². The fraction of sp³-hybridized carbons (Fsp3) is 0.212. The van der Waals surface area contributed by atoms with E-state index in [1.807, 2.05) is 37.3 Å². The van der Waals surface area contributed by atoms with Crippen LogP contribution in [0.1, 0.15) is 18.1 Å². The maximum atomic E-state index is 13.4. The van der Waals surface area contributed by atoms with E-state index >= 15 is 0 Å². The molecule has 11 heteroatoms. The van der Waals surface area contributed by atoms with Crippen molar-refractivity contribution in [2.75, 3.05) is 29.4 Å². The molecule has 0 saturated heterocycles. The Morgan fingerprint density at radius 2 is 1.66 bits per heavy atom. The largest absolute Gasteiger partial charge is 0.494 e. The zero-order valence-electron chi connectivity index (χ0n) is 24.4. The number of rotatable bonds is 11. The predicted molar refractivity (Wildman–Crippen MR) is 167 cm³/mol. The minimum absolute atomic E-state index is 0.00715. The Morgan fingerprint density at radius 3 is 2.39 bits per heavy atom. The van der Waals surface area contributed by atoms with Gasteiger partial charge in [0.1, 0.15) is 17.2 Å². The van der Waals surface area contributed by atoms with E-state index in [2.05, 4.69) is 10.0 Å². The molecule has 0 saturated carbocycles. The Balaban J connectivity index is 1.23. The molecule has 5 rings (SSSR count). The molecule has 0 bridgehead atoms. The second-order valence-electron chi connectivity index (χ2n) is 10.1. The number of ether oxygens (including phenoxy) is 3. The van der Waals surface area contributed by atoms with Gasteiger partial charge in [-0.3, -0.25) is 14.3 Å². The van der Waals surface area contributed by atoms with Gasteiger partial charge in [0, 0.05) is 12.2 Å². The molecule has 0 aromatic heterocycles.